The highest BCUT2D eigenvalue weighted by Gasteiger charge is 2.34. The average molecular weight is 274 g/mol. The van der Waals surface area contributed by atoms with Crippen molar-refractivity contribution in [3.8, 4) is 0 Å². The van der Waals surface area contributed by atoms with Crippen molar-refractivity contribution in [3.63, 3.8) is 0 Å². The minimum atomic E-state index is 0.334. The van der Waals surface area contributed by atoms with E-state index >= 15 is 0 Å². The minimum Gasteiger partial charge on any atom is -0.342 e. The number of hydrogen-bond donors (Lipinski definition) is 1. The van der Waals surface area contributed by atoms with E-state index in [1.807, 2.05) is 0 Å². The molecule has 1 amide bonds. The van der Waals surface area contributed by atoms with E-state index in [-0.39, 0.29) is 0 Å². The zero-order valence-corrected chi connectivity index (χ0v) is 11.8. The number of carbonyl (C=O) groups excluding carboxylic acids is 1. The summed E-state index contributed by atoms with van der Waals surface area (Å²) in [5.74, 6) is 3.91. The Kier molecular flexibility index (Phi) is 3.00. The van der Waals surface area contributed by atoms with Gasteiger partial charge in [-0.25, -0.2) is 4.98 Å². The summed E-state index contributed by atoms with van der Waals surface area (Å²) in [6.45, 7) is 1.85. The summed E-state index contributed by atoms with van der Waals surface area (Å²) in [7, 11) is 0. The molecule has 1 aromatic rings. The van der Waals surface area contributed by atoms with Gasteiger partial charge in [0.15, 0.2) is 5.82 Å². The van der Waals surface area contributed by atoms with Gasteiger partial charge in [0.05, 0.1) is 0 Å². The maximum absolute atomic E-state index is 12.2. The molecule has 20 heavy (non-hydrogen) atoms. The molecule has 108 valence electrons. The molecule has 1 aliphatic heterocycles. The van der Waals surface area contributed by atoms with Crippen LogP contribution in [0.4, 0.5) is 0 Å². The second kappa shape index (κ2) is 4.86. The Bertz CT molecular complexity index is 504. The lowest BCUT2D eigenvalue weighted by Gasteiger charge is -2.29. The van der Waals surface area contributed by atoms with E-state index < -0.39 is 0 Å². The van der Waals surface area contributed by atoms with Gasteiger partial charge in [-0.05, 0) is 38.0 Å². The third-order valence-electron chi connectivity index (χ3n) is 5.03. The standard InChI is InChI=1S/C15H22N4O/c20-15(12-2-1-3-12)19-7-6-10(9-19)8-13-16-14(18-17-13)11-4-5-11/h10-12H,1-9H2,(H,16,17,18). The zero-order chi connectivity index (χ0) is 13.5. The normalized spacial score (nSPS) is 26.8. The molecule has 1 N–H and O–H groups in total. The maximum atomic E-state index is 12.2. The van der Waals surface area contributed by atoms with Crippen molar-refractivity contribution in [2.75, 3.05) is 13.1 Å². The van der Waals surface area contributed by atoms with E-state index in [1.165, 1.54) is 19.3 Å². The van der Waals surface area contributed by atoms with Crippen LogP contribution in [0.25, 0.3) is 0 Å². The second-order valence-electron chi connectivity index (χ2n) is 6.69. The number of amides is 1. The van der Waals surface area contributed by atoms with Crippen molar-refractivity contribution in [1.29, 1.82) is 0 Å². The Hall–Kier alpha value is -1.39. The molecule has 2 heterocycles. The number of H-pyrrole nitrogens is 1. The number of rotatable bonds is 4. The maximum Gasteiger partial charge on any atom is 0.225 e. The molecule has 1 unspecified atom stereocenters. The average Bonchev–Trinajstić information content (AvgIpc) is 2.95. The summed E-state index contributed by atoms with van der Waals surface area (Å²) in [6.07, 6.45) is 7.97. The van der Waals surface area contributed by atoms with Gasteiger partial charge in [-0.3, -0.25) is 9.89 Å². The summed E-state index contributed by atoms with van der Waals surface area (Å²) in [6, 6.07) is 0. The first-order chi connectivity index (χ1) is 9.79. The highest BCUT2D eigenvalue weighted by atomic mass is 16.2. The summed E-state index contributed by atoms with van der Waals surface area (Å²) in [5.41, 5.74) is 0. The Labute approximate surface area is 119 Å². The molecule has 3 aliphatic rings. The summed E-state index contributed by atoms with van der Waals surface area (Å²) < 4.78 is 0. The van der Waals surface area contributed by atoms with Gasteiger partial charge in [0.1, 0.15) is 5.82 Å². The van der Waals surface area contributed by atoms with Crippen molar-refractivity contribution < 1.29 is 4.79 Å². The Morgan fingerprint density at radius 2 is 2.10 bits per heavy atom. The molecular formula is C15H22N4O. The van der Waals surface area contributed by atoms with Gasteiger partial charge in [-0.15, -0.1) is 0 Å². The van der Waals surface area contributed by atoms with Crippen LogP contribution in [0, 0.1) is 11.8 Å². The lowest BCUT2D eigenvalue weighted by Crippen LogP contribution is -2.37. The predicted octanol–water partition coefficient (Wildman–Crippen LogP) is 1.87. The Balaban J connectivity index is 1.32. The molecule has 2 aliphatic carbocycles. The van der Waals surface area contributed by atoms with Crippen molar-refractivity contribution in [3.05, 3.63) is 11.6 Å². The summed E-state index contributed by atoms with van der Waals surface area (Å²) in [4.78, 5) is 18.9. The first kappa shape index (κ1) is 12.4. The van der Waals surface area contributed by atoms with E-state index in [1.54, 1.807) is 0 Å². The van der Waals surface area contributed by atoms with Crippen molar-refractivity contribution in [1.82, 2.24) is 20.1 Å². The topological polar surface area (TPSA) is 61.9 Å². The number of carbonyl (C=O) groups is 1. The summed E-state index contributed by atoms with van der Waals surface area (Å²) in [5, 5.41) is 7.39. The van der Waals surface area contributed by atoms with Crippen LogP contribution in [-0.4, -0.2) is 39.1 Å². The van der Waals surface area contributed by atoms with E-state index in [0.717, 1.165) is 50.4 Å². The quantitative estimate of drug-likeness (QED) is 0.911. The molecule has 3 fully saturated rings. The van der Waals surface area contributed by atoms with Gasteiger partial charge in [0.2, 0.25) is 5.91 Å². The van der Waals surface area contributed by atoms with Crippen LogP contribution in [0.1, 0.15) is 56.1 Å². The smallest absolute Gasteiger partial charge is 0.225 e. The molecule has 1 aromatic heterocycles. The SMILES string of the molecule is O=C(C1CCC1)N1CCC(Cc2nc(C3CC3)n[nH]2)C1. The second-order valence-corrected chi connectivity index (χ2v) is 6.69. The first-order valence-corrected chi connectivity index (χ1v) is 7.99. The van der Waals surface area contributed by atoms with Crippen LogP contribution in [-0.2, 0) is 11.2 Å². The highest BCUT2D eigenvalue weighted by Crippen LogP contribution is 2.38. The predicted molar refractivity (Wildman–Crippen MR) is 74.1 cm³/mol. The van der Waals surface area contributed by atoms with Crippen LogP contribution in [0.5, 0.6) is 0 Å². The molecule has 5 heteroatoms. The van der Waals surface area contributed by atoms with Gasteiger partial charge in [-0.1, -0.05) is 6.42 Å². The number of aromatic nitrogens is 3. The van der Waals surface area contributed by atoms with Gasteiger partial charge in [0.25, 0.3) is 0 Å². The third-order valence-corrected chi connectivity index (χ3v) is 5.03. The molecule has 4 rings (SSSR count). The molecule has 1 saturated heterocycles. The fraction of sp³-hybridized carbons (Fsp3) is 0.800. The minimum absolute atomic E-state index is 0.334. The Morgan fingerprint density at radius 1 is 1.25 bits per heavy atom. The van der Waals surface area contributed by atoms with Crippen molar-refractivity contribution >= 4 is 5.91 Å². The van der Waals surface area contributed by atoms with Gasteiger partial charge >= 0.3 is 0 Å². The lowest BCUT2D eigenvalue weighted by atomic mass is 9.84. The van der Waals surface area contributed by atoms with Gasteiger partial charge in [-0.2, -0.15) is 5.10 Å². The van der Waals surface area contributed by atoms with Crippen LogP contribution in [0.15, 0.2) is 0 Å². The van der Waals surface area contributed by atoms with Gasteiger partial charge in [0, 0.05) is 31.3 Å². The lowest BCUT2D eigenvalue weighted by molar-refractivity contribution is -0.137. The van der Waals surface area contributed by atoms with Gasteiger partial charge < -0.3 is 4.90 Å². The van der Waals surface area contributed by atoms with E-state index in [2.05, 4.69) is 20.1 Å². The van der Waals surface area contributed by atoms with E-state index in [9.17, 15) is 4.79 Å². The largest absolute Gasteiger partial charge is 0.342 e. The van der Waals surface area contributed by atoms with E-state index in [0.29, 0.717) is 23.7 Å². The first-order valence-electron chi connectivity index (χ1n) is 7.99. The number of nitrogens with one attached hydrogen (secondary N) is 1. The molecule has 2 saturated carbocycles. The van der Waals surface area contributed by atoms with Crippen molar-refractivity contribution in [2.24, 2.45) is 11.8 Å². The molecule has 0 bridgehead atoms. The molecular weight excluding hydrogens is 252 g/mol. The molecule has 0 spiro atoms. The van der Waals surface area contributed by atoms with Crippen LogP contribution in [0.2, 0.25) is 0 Å². The zero-order valence-electron chi connectivity index (χ0n) is 11.8. The molecule has 1 atom stereocenters. The Morgan fingerprint density at radius 3 is 2.80 bits per heavy atom. The molecule has 5 nitrogen and oxygen atoms in total. The monoisotopic (exact) mass is 274 g/mol. The van der Waals surface area contributed by atoms with Crippen LogP contribution in [0.3, 0.4) is 0 Å². The number of hydrogen-bond acceptors (Lipinski definition) is 3. The third kappa shape index (κ3) is 2.34. The number of likely N-dealkylation sites (tertiary alicyclic amines) is 1. The molecule has 0 aromatic carbocycles. The number of aromatic amines is 1. The fourth-order valence-corrected chi connectivity index (χ4v) is 3.31. The van der Waals surface area contributed by atoms with Crippen LogP contribution >= 0.6 is 0 Å². The fourth-order valence-electron chi connectivity index (χ4n) is 3.31. The summed E-state index contributed by atoms with van der Waals surface area (Å²) >= 11 is 0. The van der Waals surface area contributed by atoms with Crippen molar-refractivity contribution in [2.45, 2.75) is 50.9 Å². The number of nitrogens with zero attached hydrogens (tertiary/aromatic N) is 3. The molecule has 0 radical (unpaired) electrons. The highest BCUT2D eigenvalue weighted by molar-refractivity contribution is 5.79. The van der Waals surface area contributed by atoms with E-state index in [4.69, 9.17) is 0 Å². The van der Waals surface area contributed by atoms with Crippen LogP contribution < -0.4 is 0 Å².